The molecule has 1 saturated heterocycles. The summed E-state index contributed by atoms with van der Waals surface area (Å²) in [6.07, 6.45) is 2.18. The fourth-order valence-corrected chi connectivity index (χ4v) is 2.32. The molecule has 1 heterocycles. The van der Waals surface area contributed by atoms with Gasteiger partial charge in [-0.1, -0.05) is 12.2 Å². The predicted molar refractivity (Wildman–Crippen MR) is 51.9 cm³/mol. The molecule has 3 atom stereocenters. The summed E-state index contributed by atoms with van der Waals surface area (Å²) in [6.45, 7) is 7.94. The molecule has 3 nitrogen and oxygen atoms in total. The molecule has 0 amide bonds. The second-order valence-corrected chi connectivity index (χ2v) is 4.59. The van der Waals surface area contributed by atoms with Gasteiger partial charge in [0.05, 0.1) is 0 Å². The van der Waals surface area contributed by atoms with Crippen molar-refractivity contribution in [1.82, 2.24) is 0 Å². The van der Waals surface area contributed by atoms with E-state index in [-0.39, 0.29) is 11.7 Å². The predicted octanol–water partition coefficient (Wildman–Crippen LogP) is 2.66. The molecule has 1 aliphatic heterocycles. The number of hydrogen-bond donors (Lipinski definition) is 0. The zero-order chi connectivity index (χ0) is 10.3. The minimum Gasteiger partial charge on any atom is -0.427 e. The Hall–Kier alpha value is -0.990. The maximum Gasteiger partial charge on any atom is 0.509 e. The summed E-state index contributed by atoms with van der Waals surface area (Å²) in [6, 6.07) is 0. The molecule has 1 aliphatic carbocycles. The minimum absolute atomic E-state index is 0.0783. The van der Waals surface area contributed by atoms with E-state index in [2.05, 4.69) is 6.58 Å². The first-order valence-electron chi connectivity index (χ1n) is 5.06. The molecule has 78 valence electrons. The lowest BCUT2D eigenvalue weighted by molar-refractivity contribution is 0.00194. The van der Waals surface area contributed by atoms with Crippen LogP contribution in [0.25, 0.3) is 0 Å². The smallest absolute Gasteiger partial charge is 0.427 e. The van der Waals surface area contributed by atoms with Gasteiger partial charge < -0.3 is 9.47 Å². The molecule has 0 aromatic carbocycles. The van der Waals surface area contributed by atoms with Crippen molar-refractivity contribution in [3.8, 4) is 0 Å². The normalized spacial score (nSPS) is 41.1. The van der Waals surface area contributed by atoms with E-state index < -0.39 is 6.16 Å². The van der Waals surface area contributed by atoms with Gasteiger partial charge in [0.1, 0.15) is 11.7 Å². The van der Waals surface area contributed by atoms with Crippen molar-refractivity contribution < 1.29 is 14.3 Å². The van der Waals surface area contributed by atoms with Gasteiger partial charge in [-0.05, 0) is 39.0 Å². The molecule has 2 aliphatic rings. The molecule has 14 heavy (non-hydrogen) atoms. The highest BCUT2D eigenvalue weighted by Gasteiger charge is 2.50. The zero-order valence-corrected chi connectivity index (χ0v) is 8.71. The molecule has 2 rings (SSSR count). The van der Waals surface area contributed by atoms with E-state index in [1.54, 1.807) is 0 Å². The van der Waals surface area contributed by atoms with Gasteiger partial charge in [0, 0.05) is 0 Å². The number of ether oxygens (including phenoxy) is 2. The topological polar surface area (TPSA) is 35.5 Å². The number of allylic oxidation sites excluding steroid dienone is 1. The van der Waals surface area contributed by atoms with E-state index in [0.717, 1.165) is 19.3 Å². The average Bonchev–Trinajstić information content (AvgIpc) is 2.37. The molecule has 1 saturated carbocycles. The van der Waals surface area contributed by atoms with Crippen molar-refractivity contribution >= 4 is 6.16 Å². The Morgan fingerprint density at radius 1 is 1.64 bits per heavy atom. The summed E-state index contributed by atoms with van der Waals surface area (Å²) in [7, 11) is 0. The van der Waals surface area contributed by atoms with Gasteiger partial charge in [0.2, 0.25) is 0 Å². The Balaban J connectivity index is 2.11. The number of carbonyl (C=O) groups is 1. The van der Waals surface area contributed by atoms with E-state index in [0.29, 0.717) is 5.92 Å². The van der Waals surface area contributed by atoms with E-state index in [1.807, 2.05) is 13.8 Å². The zero-order valence-electron chi connectivity index (χ0n) is 8.71. The highest BCUT2D eigenvalue weighted by atomic mass is 16.8. The van der Waals surface area contributed by atoms with E-state index in [9.17, 15) is 4.79 Å². The first kappa shape index (κ1) is 9.56. The quantitative estimate of drug-likeness (QED) is 0.477. The lowest BCUT2D eigenvalue weighted by Crippen LogP contribution is -2.42. The van der Waals surface area contributed by atoms with Crippen molar-refractivity contribution in [3.63, 3.8) is 0 Å². The fraction of sp³-hybridized carbons (Fsp3) is 0.727. The molecular formula is C11H16O3. The van der Waals surface area contributed by atoms with E-state index in [1.165, 1.54) is 5.57 Å². The molecule has 0 radical (unpaired) electrons. The summed E-state index contributed by atoms with van der Waals surface area (Å²) in [5.41, 5.74) is 0.790. The van der Waals surface area contributed by atoms with Crippen LogP contribution in [0.5, 0.6) is 0 Å². The van der Waals surface area contributed by atoms with Crippen LogP contribution in [0.1, 0.15) is 33.1 Å². The number of fused-ring (bicyclic) bond motifs is 1. The van der Waals surface area contributed by atoms with Gasteiger partial charge in [-0.2, -0.15) is 0 Å². The Morgan fingerprint density at radius 2 is 2.36 bits per heavy atom. The van der Waals surface area contributed by atoms with Gasteiger partial charge in [-0.15, -0.1) is 0 Å². The molecule has 0 N–H and O–H groups in total. The molecule has 2 fully saturated rings. The Morgan fingerprint density at radius 3 is 3.00 bits per heavy atom. The molecule has 0 spiro atoms. The Labute approximate surface area is 84.1 Å². The van der Waals surface area contributed by atoms with Crippen LogP contribution in [-0.4, -0.2) is 17.9 Å². The number of hydrogen-bond acceptors (Lipinski definition) is 3. The van der Waals surface area contributed by atoms with E-state index in [4.69, 9.17) is 9.47 Å². The van der Waals surface area contributed by atoms with Crippen molar-refractivity contribution in [2.45, 2.75) is 44.8 Å². The maximum absolute atomic E-state index is 11.0. The molecule has 0 aromatic rings. The Kier molecular flexibility index (Phi) is 2.05. The summed E-state index contributed by atoms with van der Waals surface area (Å²) in [5.74, 6) is 0.475. The molecule has 3 heteroatoms. The summed E-state index contributed by atoms with van der Waals surface area (Å²) < 4.78 is 10.3. The highest BCUT2D eigenvalue weighted by Crippen LogP contribution is 2.42. The molecule has 0 aromatic heterocycles. The largest absolute Gasteiger partial charge is 0.509 e. The summed E-state index contributed by atoms with van der Waals surface area (Å²) in [4.78, 5) is 11.0. The van der Waals surface area contributed by atoms with Crippen LogP contribution in [0.2, 0.25) is 0 Å². The van der Waals surface area contributed by atoms with Crippen LogP contribution in [-0.2, 0) is 9.47 Å². The summed E-state index contributed by atoms with van der Waals surface area (Å²) >= 11 is 0. The van der Waals surface area contributed by atoms with Gasteiger partial charge in [-0.25, -0.2) is 4.79 Å². The standard InChI is InChI=1S/C11H16O3/c1-7(2)8-4-5-11(3)9(6-8)13-10(12)14-11/h8-9H,1,4-6H2,2-3H3/t8-,9-,11+/m1/s1. The van der Waals surface area contributed by atoms with Crippen LogP contribution in [0, 0.1) is 5.92 Å². The third-order valence-electron chi connectivity index (χ3n) is 3.42. The van der Waals surface area contributed by atoms with Crippen LogP contribution in [0.15, 0.2) is 12.2 Å². The average molecular weight is 196 g/mol. The lowest BCUT2D eigenvalue weighted by atomic mass is 9.75. The first-order valence-corrected chi connectivity index (χ1v) is 5.06. The Bertz CT molecular complexity index is 284. The van der Waals surface area contributed by atoms with Crippen molar-refractivity contribution in [3.05, 3.63) is 12.2 Å². The monoisotopic (exact) mass is 196 g/mol. The van der Waals surface area contributed by atoms with Crippen LogP contribution in [0.4, 0.5) is 4.79 Å². The van der Waals surface area contributed by atoms with Gasteiger partial charge in [0.25, 0.3) is 0 Å². The second-order valence-electron chi connectivity index (χ2n) is 4.59. The number of rotatable bonds is 1. The third kappa shape index (κ3) is 1.41. The number of carbonyl (C=O) groups excluding carboxylic acids is 1. The van der Waals surface area contributed by atoms with Crippen LogP contribution in [0.3, 0.4) is 0 Å². The summed E-state index contributed by atoms with van der Waals surface area (Å²) in [5, 5.41) is 0. The SMILES string of the molecule is C=C(C)[C@@H]1CC[C@]2(C)OC(=O)O[C@@H]2C1. The molecule has 0 bridgehead atoms. The van der Waals surface area contributed by atoms with Gasteiger partial charge in [-0.3, -0.25) is 0 Å². The van der Waals surface area contributed by atoms with Crippen LogP contribution >= 0.6 is 0 Å². The second kappa shape index (κ2) is 3.01. The highest BCUT2D eigenvalue weighted by molar-refractivity contribution is 5.63. The van der Waals surface area contributed by atoms with Gasteiger partial charge >= 0.3 is 6.16 Å². The van der Waals surface area contributed by atoms with E-state index >= 15 is 0 Å². The van der Waals surface area contributed by atoms with Crippen molar-refractivity contribution in [2.75, 3.05) is 0 Å². The van der Waals surface area contributed by atoms with Crippen LogP contribution < -0.4 is 0 Å². The lowest BCUT2D eigenvalue weighted by Gasteiger charge is -2.35. The molecular weight excluding hydrogens is 180 g/mol. The minimum atomic E-state index is -0.514. The first-order chi connectivity index (χ1) is 6.51. The maximum atomic E-state index is 11.0. The third-order valence-corrected chi connectivity index (χ3v) is 3.42. The van der Waals surface area contributed by atoms with Crippen molar-refractivity contribution in [1.29, 1.82) is 0 Å². The van der Waals surface area contributed by atoms with Gasteiger partial charge in [0.15, 0.2) is 0 Å². The fourth-order valence-electron chi connectivity index (χ4n) is 2.32. The molecule has 0 unspecified atom stereocenters. The van der Waals surface area contributed by atoms with Crippen molar-refractivity contribution in [2.24, 2.45) is 5.92 Å².